The van der Waals surface area contributed by atoms with Gasteiger partial charge >= 0.3 is 0 Å². The first-order valence-corrected chi connectivity index (χ1v) is 9.12. The van der Waals surface area contributed by atoms with Crippen molar-refractivity contribution >= 4 is 11.8 Å². The van der Waals surface area contributed by atoms with Crippen molar-refractivity contribution in [2.24, 2.45) is 0 Å². The number of rotatable bonds is 10. The molecule has 0 spiro atoms. The van der Waals surface area contributed by atoms with Crippen LogP contribution in [0.3, 0.4) is 0 Å². The first-order valence-electron chi connectivity index (χ1n) is 9.12. The van der Waals surface area contributed by atoms with Gasteiger partial charge in [-0.05, 0) is 32.1 Å². The van der Waals surface area contributed by atoms with Crippen LogP contribution in [-0.2, 0) is 9.59 Å². The van der Waals surface area contributed by atoms with Crippen LogP contribution >= 0.6 is 0 Å². The Morgan fingerprint density at radius 1 is 0.792 bits per heavy atom. The molecule has 0 aliphatic carbocycles. The van der Waals surface area contributed by atoms with Crippen molar-refractivity contribution in [1.82, 2.24) is 9.80 Å². The third kappa shape index (κ3) is 5.08. The lowest BCUT2D eigenvalue weighted by Gasteiger charge is -2.22. The second kappa shape index (κ2) is 8.86. The van der Waals surface area contributed by atoms with Gasteiger partial charge in [0.2, 0.25) is 11.8 Å². The minimum atomic E-state index is 0.00129. The molecule has 0 bridgehead atoms. The van der Waals surface area contributed by atoms with Gasteiger partial charge in [-0.25, -0.2) is 0 Å². The third-order valence-corrected chi connectivity index (χ3v) is 4.91. The fourth-order valence-electron chi connectivity index (χ4n) is 3.36. The fraction of sp³-hybridized carbons (Fsp3) is 0.600. The molecule has 4 heteroatoms. The molecule has 2 fully saturated rings. The maximum Gasteiger partial charge on any atom is 0.229 e. The lowest BCUT2D eigenvalue weighted by atomic mass is 10.1. The number of unbranched alkanes of at least 4 members (excludes halogenated alkanes) is 4. The van der Waals surface area contributed by atoms with Crippen LogP contribution in [0.15, 0.2) is 36.7 Å². The van der Waals surface area contributed by atoms with Gasteiger partial charge in [0, 0.05) is 37.3 Å². The highest BCUT2D eigenvalue weighted by atomic mass is 16.2. The molecule has 2 saturated heterocycles. The number of imide groups is 1. The van der Waals surface area contributed by atoms with Crippen LogP contribution in [0.2, 0.25) is 0 Å². The van der Waals surface area contributed by atoms with Crippen molar-refractivity contribution in [3.63, 3.8) is 0 Å². The van der Waals surface area contributed by atoms with E-state index in [4.69, 9.17) is 0 Å². The molecule has 2 amide bonds. The molecular weight excluding hydrogens is 300 g/mol. The highest BCUT2D eigenvalue weighted by molar-refractivity contribution is 6.01. The Labute approximate surface area is 145 Å². The molecule has 4 nitrogen and oxygen atoms in total. The van der Waals surface area contributed by atoms with E-state index in [-0.39, 0.29) is 11.8 Å². The Balaban J connectivity index is 1.50. The molecule has 0 aromatic rings. The van der Waals surface area contributed by atoms with Gasteiger partial charge < -0.3 is 4.90 Å². The number of carbonyl (C=O) groups excluding carboxylic acids is 2. The largest absolute Gasteiger partial charge is 0.346 e. The molecule has 0 radical (unpaired) electrons. The summed E-state index contributed by atoms with van der Waals surface area (Å²) in [7, 11) is 0. The Morgan fingerprint density at radius 2 is 1.33 bits per heavy atom. The Kier molecular flexibility index (Phi) is 6.83. The summed E-state index contributed by atoms with van der Waals surface area (Å²) in [5, 5.41) is 0. The highest BCUT2D eigenvalue weighted by Gasteiger charge is 2.27. The Morgan fingerprint density at radius 3 is 1.96 bits per heavy atom. The quantitative estimate of drug-likeness (QED) is 0.343. The first kappa shape index (κ1) is 18.5. The zero-order valence-corrected chi connectivity index (χ0v) is 14.8. The van der Waals surface area contributed by atoms with E-state index in [9.17, 15) is 9.59 Å². The SMILES string of the molecule is C=C(CCCCCCCN1C(=O)CCC1=O)CN1C(=C)CCC1=C. The van der Waals surface area contributed by atoms with Gasteiger partial charge in [-0.2, -0.15) is 0 Å². The standard InChI is InChI=1S/C20H30N2O2/c1-16(15-22-17(2)10-11-18(22)3)9-7-5-4-6-8-14-21-19(23)12-13-20(21)24/h1-15H2. The molecule has 0 aromatic heterocycles. The van der Waals surface area contributed by atoms with Gasteiger partial charge in [0.15, 0.2) is 0 Å². The molecule has 0 aromatic carbocycles. The smallest absolute Gasteiger partial charge is 0.229 e. The molecule has 2 rings (SSSR count). The average Bonchev–Trinajstić information content (AvgIpc) is 3.03. The minimum absolute atomic E-state index is 0.00129. The zero-order chi connectivity index (χ0) is 17.5. The summed E-state index contributed by atoms with van der Waals surface area (Å²) >= 11 is 0. The van der Waals surface area contributed by atoms with Gasteiger partial charge in [0.1, 0.15) is 0 Å². The summed E-state index contributed by atoms with van der Waals surface area (Å²) in [6.45, 7) is 13.8. The van der Waals surface area contributed by atoms with Gasteiger partial charge in [-0.3, -0.25) is 14.5 Å². The molecule has 2 aliphatic rings. The summed E-state index contributed by atoms with van der Waals surface area (Å²) in [4.78, 5) is 26.6. The van der Waals surface area contributed by atoms with Crippen molar-refractivity contribution < 1.29 is 9.59 Å². The highest BCUT2D eigenvalue weighted by Crippen LogP contribution is 2.29. The van der Waals surface area contributed by atoms with Crippen LogP contribution in [-0.4, -0.2) is 34.7 Å². The molecule has 24 heavy (non-hydrogen) atoms. The van der Waals surface area contributed by atoms with E-state index in [0.29, 0.717) is 19.4 Å². The van der Waals surface area contributed by atoms with E-state index >= 15 is 0 Å². The van der Waals surface area contributed by atoms with Crippen molar-refractivity contribution in [3.8, 4) is 0 Å². The number of likely N-dealkylation sites (tertiary alicyclic amines) is 2. The number of hydrogen-bond donors (Lipinski definition) is 0. The third-order valence-electron chi connectivity index (χ3n) is 4.91. The number of hydrogen-bond acceptors (Lipinski definition) is 3. The number of allylic oxidation sites excluding steroid dienone is 2. The van der Waals surface area contributed by atoms with Gasteiger partial charge in [0.05, 0.1) is 0 Å². The molecule has 0 unspecified atom stereocenters. The van der Waals surface area contributed by atoms with Gasteiger partial charge in [-0.1, -0.05) is 44.6 Å². The predicted octanol–water partition coefficient (Wildman–Crippen LogP) is 4.16. The van der Waals surface area contributed by atoms with E-state index in [1.807, 2.05) is 0 Å². The van der Waals surface area contributed by atoms with E-state index < -0.39 is 0 Å². The lowest BCUT2D eigenvalue weighted by Crippen LogP contribution is -2.29. The topological polar surface area (TPSA) is 40.6 Å². The minimum Gasteiger partial charge on any atom is -0.346 e. The van der Waals surface area contributed by atoms with Crippen molar-refractivity contribution in [2.45, 2.75) is 64.2 Å². The van der Waals surface area contributed by atoms with E-state index in [0.717, 1.165) is 62.9 Å². The van der Waals surface area contributed by atoms with Crippen molar-refractivity contribution in [2.75, 3.05) is 13.1 Å². The van der Waals surface area contributed by atoms with Crippen LogP contribution in [0.25, 0.3) is 0 Å². The summed E-state index contributed by atoms with van der Waals surface area (Å²) in [5.74, 6) is 0.00257. The Hall–Kier alpha value is -1.84. The van der Waals surface area contributed by atoms with Gasteiger partial charge in [0.25, 0.3) is 0 Å². The van der Waals surface area contributed by atoms with E-state index in [1.54, 1.807) is 0 Å². The zero-order valence-electron chi connectivity index (χ0n) is 14.8. The molecule has 2 heterocycles. The van der Waals surface area contributed by atoms with Gasteiger partial charge in [-0.15, -0.1) is 0 Å². The Bertz CT molecular complexity index is 504. The molecule has 2 aliphatic heterocycles. The van der Waals surface area contributed by atoms with Crippen LogP contribution in [0, 0.1) is 0 Å². The normalized spacial score (nSPS) is 18.2. The molecular formula is C20H30N2O2. The van der Waals surface area contributed by atoms with Crippen LogP contribution < -0.4 is 0 Å². The molecule has 132 valence electrons. The second-order valence-corrected chi connectivity index (χ2v) is 6.93. The summed E-state index contributed by atoms with van der Waals surface area (Å²) in [5.41, 5.74) is 3.56. The van der Waals surface area contributed by atoms with Crippen LogP contribution in [0.4, 0.5) is 0 Å². The second-order valence-electron chi connectivity index (χ2n) is 6.93. The maximum atomic E-state index is 11.5. The molecule has 0 N–H and O–H groups in total. The van der Waals surface area contributed by atoms with Crippen molar-refractivity contribution in [3.05, 3.63) is 36.7 Å². The summed E-state index contributed by atoms with van der Waals surface area (Å²) in [6, 6.07) is 0. The van der Waals surface area contributed by atoms with Crippen molar-refractivity contribution in [1.29, 1.82) is 0 Å². The van der Waals surface area contributed by atoms with E-state index in [1.165, 1.54) is 16.9 Å². The fourth-order valence-corrected chi connectivity index (χ4v) is 3.36. The lowest BCUT2D eigenvalue weighted by molar-refractivity contribution is -0.138. The molecule has 0 saturated carbocycles. The van der Waals surface area contributed by atoms with Crippen LogP contribution in [0.5, 0.6) is 0 Å². The van der Waals surface area contributed by atoms with Crippen LogP contribution in [0.1, 0.15) is 64.2 Å². The maximum absolute atomic E-state index is 11.5. The number of nitrogens with zero attached hydrogens (tertiary/aromatic N) is 2. The predicted molar refractivity (Wildman–Crippen MR) is 97.0 cm³/mol. The summed E-state index contributed by atoms with van der Waals surface area (Å²) < 4.78 is 0. The summed E-state index contributed by atoms with van der Waals surface area (Å²) in [6.07, 6.45) is 9.34. The first-order chi connectivity index (χ1) is 11.5. The molecule has 0 atom stereocenters. The number of amides is 2. The number of carbonyl (C=O) groups is 2. The monoisotopic (exact) mass is 330 g/mol. The average molecular weight is 330 g/mol. The van der Waals surface area contributed by atoms with E-state index in [2.05, 4.69) is 24.6 Å².